The van der Waals surface area contributed by atoms with Gasteiger partial charge in [0.25, 0.3) is 0 Å². The average Bonchev–Trinajstić information content (AvgIpc) is 2.76. The summed E-state index contributed by atoms with van der Waals surface area (Å²) in [6.45, 7) is 18.7. The Balaban J connectivity index is 2.63. The van der Waals surface area contributed by atoms with Crippen LogP contribution in [0.1, 0.15) is 46.5 Å². The van der Waals surface area contributed by atoms with Gasteiger partial charge in [-0.15, -0.1) is 13.2 Å². The Morgan fingerprint density at radius 3 is 2.05 bits per heavy atom. The zero-order valence-electron chi connectivity index (χ0n) is 13.2. The summed E-state index contributed by atoms with van der Waals surface area (Å²) in [6, 6.07) is 0. The Bertz CT molecular complexity index is 272. The van der Waals surface area contributed by atoms with Crippen molar-refractivity contribution in [2.24, 2.45) is 5.41 Å². The minimum Gasteiger partial charge on any atom is -0.311 e. The fourth-order valence-electron chi connectivity index (χ4n) is 3.01. The number of hydrogen-bond donors (Lipinski definition) is 1. The van der Waals surface area contributed by atoms with Crippen molar-refractivity contribution in [2.75, 3.05) is 26.2 Å². The molecule has 0 atom stereocenters. The van der Waals surface area contributed by atoms with Crippen molar-refractivity contribution >= 4 is 0 Å². The summed E-state index contributed by atoms with van der Waals surface area (Å²) >= 11 is 0. The van der Waals surface area contributed by atoms with Gasteiger partial charge in [0, 0.05) is 31.7 Å². The molecule has 0 unspecified atom stereocenters. The van der Waals surface area contributed by atoms with Gasteiger partial charge >= 0.3 is 0 Å². The molecule has 110 valence electrons. The second-order valence-corrected chi connectivity index (χ2v) is 7.08. The van der Waals surface area contributed by atoms with Gasteiger partial charge in [-0.3, -0.25) is 4.90 Å². The molecule has 1 rings (SSSR count). The van der Waals surface area contributed by atoms with Gasteiger partial charge in [-0.2, -0.15) is 0 Å². The largest absolute Gasteiger partial charge is 0.311 e. The fourth-order valence-corrected chi connectivity index (χ4v) is 3.01. The molecule has 1 aliphatic rings. The summed E-state index contributed by atoms with van der Waals surface area (Å²) in [5.41, 5.74) is 0.649. The molecular weight excluding hydrogens is 232 g/mol. The highest BCUT2D eigenvalue weighted by Gasteiger charge is 2.35. The van der Waals surface area contributed by atoms with E-state index < -0.39 is 0 Å². The lowest BCUT2D eigenvalue weighted by Gasteiger charge is -2.37. The van der Waals surface area contributed by atoms with Crippen molar-refractivity contribution in [3.63, 3.8) is 0 Å². The van der Waals surface area contributed by atoms with Crippen molar-refractivity contribution in [3.8, 4) is 0 Å². The Labute approximate surface area is 120 Å². The maximum absolute atomic E-state index is 3.87. The standard InChI is InChI=1S/C17H32N2/c1-6-12-19(13-7-2)15-17(10-8-9-11-17)14-18-16(3,4)5/h6-7,18H,1-2,8-15H2,3-5H3. The van der Waals surface area contributed by atoms with Crippen LogP contribution in [0.5, 0.6) is 0 Å². The quantitative estimate of drug-likeness (QED) is 0.674. The third kappa shape index (κ3) is 5.92. The summed E-state index contributed by atoms with van der Waals surface area (Å²) in [6.07, 6.45) is 9.46. The van der Waals surface area contributed by atoms with Crippen molar-refractivity contribution in [1.29, 1.82) is 0 Å². The first-order valence-corrected chi connectivity index (χ1v) is 7.60. The highest BCUT2D eigenvalue weighted by atomic mass is 15.1. The second-order valence-electron chi connectivity index (χ2n) is 7.08. The molecule has 0 aromatic rings. The van der Waals surface area contributed by atoms with E-state index in [0.29, 0.717) is 5.41 Å². The van der Waals surface area contributed by atoms with E-state index in [0.717, 1.165) is 26.2 Å². The molecule has 0 heterocycles. The van der Waals surface area contributed by atoms with E-state index >= 15 is 0 Å². The van der Waals surface area contributed by atoms with Crippen LogP contribution in [0.15, 0.2) is 25.3 Å². The van der Waals surface area contributed by atoms with Crippen molar-refractivity contribution in [1.82, 2.24) is 10.2 Å². The molecular formula is C17H32N2. The molecule has 2 nitrogen and oxygen atoms in total. The van der Waals surface area contributed by atoms with E-state index in [2.05, 4.69) is 44.1 Å². The average molecular weight is 264 g/mol. The van der Waals surface area contributed by atoms with Gasteiger partial charge in [0.05, 0.1) is 0 Å². The van der Waals surface area contributed by atoms with E-state index in [-0.39, 0.29) is 5.54 Å². The number of hydrogen-bond acceptors (Lipinski definition) is 2. The normalized spacial score (nSPS) is 18.7. The zero-order valence-corrected chi connectivity index (χ0v) is 13.2. The Hall–Kier alpha value is -0.600. The van der Waals surface area contributed by atoms with Crippen LogP contribution in [0.2, 0.25) is 0 Å². The van der Waals surface area contributed by atoms with Crippen LogP contribution in [-0.2, 0) is 0 Å². The van der Waals surface area contributed by atoms with Crippen molar-refractivity contribution in [3.05, 3.63) is 25.3 Å². The minimum atomic E-state index is 0.206. The molecule has 0 aromatic carbocycles. The zero-order chi connectivity index (χ0) is 14.4. The van der Waals surface area contributed by atoms with Gasteiger partial charge in [-0.25, -0.2) is 0 Å². The Morgan fingerprint density at radius 2 is 1.63 bits per heavy atom. The van der Waals surface area contributed by atoms with Gasteiger partial charge in [-0.1, -0.05) is 25.0 Å². The first kappa shape index (κ1) is 16.5. The summed E-state index contributed by atoms with van der Waals surface area (Å²) in [4.78, 5) is 2.47. The smallest absolute Gasteiger partial charge is 0.0164 e. The third-order valence-corrected chi connectivity index (χ3v) is 3.99. The fraction of sp³-hybridized carbons (Fsp3) is 0.765. The van der Waals surface area contributed by atoms with Crippen molar-refractivity contribution in [2.45, 2.75) is 52.0 Å². The Morgan fingerprint density at radius 1 is 1.11 bits per heavy atom. The van der Waals surface area contributed by atoms with Crippen molar-refractivity contribution < 1.29 is 0 Å². The highest BCUT2D eigenvalue weighted by Crippen LogP contribution is 2.38. The maximum atomic E-state index is 3.87. The summed E-state index contributed by atoms with van der Waals surface area (Å²) in [5.74, 6) is 0. The lowest BCUT2D eigenvalue weighted by atomic mass is 9.84. The van der Waals surface area contributed by atoms with Gasteiger partial charge in [-0.05, 0) is 39.0 Å². The van der Waals surface area contributed by atoms with Crippen LogP contribution >= 0.6 is 0 Å². The van der Waals surface area contributed by atoms with Crippen LogP contribution in [0.3, 0.4) is 0 Å². The maximum Gasteiger partial charge on any atom is 0.0164 e. The van der Waals surface area contributed by atoms with Gasteiger partial charge in [0.1, 0.15) is 0 Å². The lowest BCUT2D eigenvalue weighted by Crippen LogP contribution is -2.47. The monoisotopic (exact) mass is 264 g/mol. The number of nitrogens with zero attached hydrogens (tertiary/aromatic N) is 1. The molecule has 1 aliphatic carbocycles. The van der Waals surface area contributed by atoms with E-state index in [1.807, 2.05) is 12.2 Å². The topological polar surface area (TPSA) is 15.3 Å². The molecule has 1 fully saturated rings. The molecule has 0 spiro atoms. The highest BCUT2D eigenvalue weighted by molar-refractivity contribution is 4.93. The molecule has 0 bridgehead atoms. The summed E-state index contributed by atoms with van der Waals surface area (Å²) in [7, 11) is 0. The van der Waals surface area contributed by atoms with E-state index in [4.69, 9.17) is 0 Å². The van der Waals surface area contributed by atoms with E-state index in [1.54, 1.807) is 0 Å². The van der Waals surface area contributed by atoms with Gasteiger partial charge < -0.3 is 5.32 Å². The van der Waals surface area contributed by atoms with Crippen LogP contribution in [0, 0.1) is 5.41 Å². The molecule has 0 radical (unpaired) electrons. The van der Waals surface area contributed by atoms with Crippen LogP contribution in [0.4, 0.5) is 0 Å². The summed E-state index contributed by atoms with van der Waals surface area (Å²) in [5, 5.41) is 3.72. The minimum absolute atomic E-state index is 0.206. The number of rotatable bonds is 8. The molecule has 19 heavy (non-hydrogen) atoms. The molecule has 1 saturated carbocycles. The second kappa shape index (κ2) is 7.25. The molecule has 0 saturated heterocycles. The number of nitrogens with one attached hydrogen (secondary N) is 1. The first-order chi connectivity index (χ1) is 8.91. The third-order valence-electron chi connectivity index (χ3n) is 3.99. The lowest BCUT2D eigenvalue weighted by molar-refractivity contribution is 0.159. The molecule has 0 amide bonds. The predicted octanol–water partition coefficient (Wildman–Crippen LogP) is 3.61. The van der Waals surface area contributed by atoms with Crippen LogP contribution in [0.25, 0.3) is 0 Å². The molecule has 0 aromatic heterocycles. The predicted molar refractivity (Wildman–Crippen MR) is 85.5 cm³/mol. The first-order valence-electron chi connectivity index (χ1n) is 7.60. The molecule has 1 N–H and O–H groups in total. The van der Waals surface area contributed by atoms with Gasteiger partial charge in [0.2, 0.25) is 0 Å². The van der Waals surface area contributed by atoms with E-state index in [9.17, 15) is 0 Å². The van der Waals surface area contributed by atoms with Gasteiger partial charge in [0.15, 0.2) is 0 Å². The Kier molecular flexibility index (Phi) is 6.28. The van der Waals surface area contributed by atoms with Crippen LogP contribution in [-0.4, -0.2) is 36.6 Å². The summed E-state index contributed by atoms with van der Waals surface area (Å²) < 4.78 is 0. The SMILES string of the molecule is C=CCN(CC=C)CC1(CNC(C)(C)C)CCCC1. The van der Waals surface area contributed by atoms with Crippen LogP contribution < -0.4 is 5.32 Å². The molecule has 2 heteroatoms. The molecule has 0 aliphatic heterocycles. The van der Waals surface area contributed by atoms with E-state index in [1.165, 1.54) is 25.7 Å².